The second-order valence-corrected chi connectivity index (χ2v) is 6.46. The molecule has 1 atom stereocenters. The van der Waals surface area contributed by atoms with Crippen molar-refractivity contribution in [2.45, 2.75) is 26.1 Å². The summed E-state index contributed by atoms with van der Waals surface area (Å²) in [6.07, 6.45) is -4.52. The molecule has 0 saturated carbocycles. The predicted octanol–water partition coefficient (Wildman–Crippen LogP) is 4.11. The number of hydrogen-bond acceptors (Lipinski definition) is 3. The van der Waals surface area contributed by atoms with Crippen molar-refractivity contribution in [2.24, 2.45) is 5.92 Å². The van der Waals surface area contributed by atoms with Gasteiger partial charge in [-0.1, -0.05) is 32.0 Å². The maximum atomic E-state index is 12.8. The molecule has 2 amide bonds. The summed E-state index contributed by atoms with van der Waals surface area (Å²) >= 11 is 0. The normalized spacial score (nSPS) is 12.4. The predicted molar refractivity (Wildman–Crippen MR) is 99.2 cm³/mol. The minimum Gasteiger partial charge on any atom is -0.496 e. The fourth-order valence-electron chi connectivity index (χ4n) is 2.58. The fourth-order valence-corrected chi connectivity index (χ4v) is 2.58. The van der Waals surface area contributed by atoms with Crippen LogP contribution in [0.5, 0.6) is 5.75 Å². The number of nitrogens with one attached hydrogen (secondary N) is 2. The first-order chi connectivity index (χ1) is 13.1. The zero-order valence-corrected chi connectivity index (χ0v) is 15.6. The molecule has 0 aliphatic rings. The molecule has 2 aromatic rings. The Morgan fingerprint density at radius 1 is 1.04 bits per heavy atom. The highest BCUT2D eigenvalue weighted by Gasteiger charge is 2.31. The Kier molecular flexibility index (Phi) is 6.66. The highest BCUT2D eigenvalue weighted by Crippen LogP contribution is 2.30. The van der Waals surface area contributed by atoms with E-state index in [2.05, 4.69) is 10.6 Å². The van der Waals surface area contributed by atoms with Gasteiger partial charge in [-0.3, -0.25) is 9.59 Å². The second-order valence-electron chi connectivity index (χ2n) is 6.46. The number of anilines is 1. The van der Waals surface area contributed by atoms with E-state index < -0.39 is 29.6 Å². The average Bonchev–Trinajstić information content (AvgIpc) is 2.65. The van der Waals surface area contributed by atoms with Crippen LogP contribution in [0.25, 0.3) is 0 Å². The lowest BCUT2D eigenvalue weighted by atomic mass is 10.0. The Morgan fingerprint density at radius 2 is 1.71 bits per heavy atom. The van der Waals surface area contributed by atoms with Crippen molar-refractivity contribution in [3.8, 4) is 5.75 Å². The molecule has 2 aromatic carbocycles. The quantitative estimate of drug-likeness (QED) is 0.775. The molecule has 2 rings (SSSR count). The van der Waals surface area contributed by atoms with Crippen molar-refractivity contribution in [3.05, 3.63) is 59.7 Å². The van der Waals surface area contributed by atoms with Crippen LogP contribution in [0.1, 0.15) is 29.8 Å². The minimum atomic E-state index is -4.52. The summed E-state index contributed by atoms with van der Waals surface area (Å²) in [5.41, 5.74) is -0.621. The van der Waals surface area contributed by atoms with Crippen LogP contribution >= 0.6 is 0 Å². The summed E-state index contributed by atoms with van der Waals surface area (Å²) in [5.74, 6) is -1.09. The minimum absolute atomic E-state index is 0.00276. The summed E-state index contributed by atoms with van der Waals surface area (Å²) < 4.78 is 43.7. The molecule has 0 saturated heterocycles. The lowest BCUT2D eigenvalue weighted by Gasteiger charge is -2.22. The molecule has 0 spiro atoms. The number of methoxy groups -OCH3 is 1. The van der Waals surface area contributed by atoms with Gasteiger partial charge in [-0.25, -0.2) is 0 Å². The number of hydrogen-bond donors (Lipinski definition) is 2. The van der Waals surface area contributed by atoms with E-state index in [0.717, 1.165) is 12.1 Å². The van der Waals surface area contributed by atoms with E-state index in [4.69, 9.17) is 4.74 Å². The van der Waals surface area contributed by atoms with E-state index in [1.54, 1.807) is 38.1 Å². The number of rotatable bonds is 6. The third-order valence-corrected chi connectivity index (χ3v) is 4.04. The van der Waals surface area contributed by atoms with E-state index >= 15 is 0 Å². The zero-order chi connectivity index (χ0) is 20.9. The van der Waals surface area contributed by atoms with Crippen molar-refractivity contribution in [2.75, 3.05) is 12.4 Å². The first-order valence-corrected chi connectivity index (χ1v) is 8.55. The van der Waals surface area contributed by atoms with Gasteiger partial charge in [-0.05, 0) is 36.2 Å². The Hall–Kier alpha value is -3.03. The van der Waals surface area contributed by atoms with Crippen LogP contribution in [0.4, 0.5) is 18.9 Å². The first-order valence-electron chi connectivity index (χ1n) is 8.55. The maximum absolute atomic E-state index is 12.8. The van der Waals surface area contributed by atoms with Crippen molar-refractivity contribution in [1.82, 2.24) is 5.32 Å². The van der Waals surface area contributed by atoms with Gasteiger partial charge in [0.05, 0.1) is 18.2 Å². The molecule has 0 aliphatic carbocycles. The number of carbonyl (C=O) groups is 2. The summed E-state index contributed by atoms with van der Waals surface area (Å²) in [7, 11) is 1.42. The van der Waals surface area contributed by atoms with Crippen LogP contribution in [0.3, 0.4) is 0 Å². The molecule has 0 radical (unpaired) electrons. The molecule has 0 unspecified atom stereocenters. The van der Waals surface area contributed by atoms with Crippen molar-refractivity contribution in [1.29, 1.82) is 0 Å². The number of ether oxygens (including phenoxy) is 1. The second kappa shape index (κ2) is 8.77. The Labute approximate surface area is 160 Å². The van der Waals surface area contributed by atoms with Gasteiger partial charge in [0.2, 0.25) is 5.91 Å². The summed E-state index contributed by atoms with van der Waals surface area (Å²) in [4.78, 5) is 25.2. The fraction of sp³-hybridized carbons (Fsp3) is 0.300. The Bertz CT molecular complexity index is 851. The number of carbonyl (C=O) groups excluding carboxylic acids is 2. The molecule has 8 heteroatoms. The molecular weight excluding hydrogens is 373 g/mol. The average molecular weight is 394 g/mol. The standard InChI is InChI=1S/C20H21F3N2O3/c1-12(2)17(25-18(26)15-9-4-5-10-16(15)28-3)19(27)24-14-8-6-7-13(11-14)20(21,22)23/h4-12,17H,1-3H3,(H,24,27)(H,25,26)/t17-/m0/s1. The van der Waals surface area contributed by atoms with Gasteiger partial charge in [-0.15, -0.1) is 0 Å². The lowest BCUT2D eigenvalue weighted by Crippen LogP contribution is -2.47. The van der Waals surface area contributed by atoms with Crippen LogP contribution in [-0.4, -0.2) is 25.0 Å². The molecule has 0 fully saturated rings. The third kappa shape index (κ3) is 5.25. The molecule has 0 aliphatic heterocycles. The Balaban J connectivity index is 2.18. The number of amides is 2. The van der Waals surface area contributed by atoms with Crippen LogP contribution in [-0.2, 0) is 11.0 Å². The molecule has 150 valence electrons. The number of para-hydroxylation sites is 1. The molecule has 0 aromatic heterocycles. The van der Waals surface area contributed by atoms with E-state index in [9.17, 15) is 22.8 Å². The highest BCUT2D eigenvalue weighted by atomic mass is 19.4. The smallest absolute Gasteiger partial charge is 0.416 e. The van der Waals surface area contributed by atoms with Crippen molar-refractivity contribution >= 4 is 17.5 Å². The van der Waals surface area contributed by atoms with Crippen LogP contribution in [0.15, 0.2) is 48.5 Å². The SMILES string of the molecule is COc1ccccc1C(=O)N[C@H](C(=O)Nc1cccc(C(F)(F)F)c1)C(C)C. The molecule has 0 heterocycles. The van der Waals surface area contributed by atoms with Gasteiger partial charge in [0.1, 0.15) is 11.8 Å². The van der Waals surface area contributed by atoms with Gasteiger partial charge in [0, 0.05) is 5.69 Å². The number of halogens is 3. The van der Waals surface area contributed by atoms with E-state index in [-0.39, 0.29) is 17.2 Å². The van der Waals surface area contributed by atoms with Gasteiger partial charge in [0.15, 0.2) is 0 Å². The van der Waals surface area contributed by atoms with Crippen LogP contribution in [0.2, 0.25) is 0 Å². The molecule has 0 bridgehead atoms. The summed E-state index contributed by atoms with van der Waals surface area (Å²) in [6, 6.07) is 9.89. The molecule has 5 nitrogen and oxygen atoms in total. The number of benzene rings is 2. The Morgan fingerprint density at radius 3 is 2.32 bits per heavy atom. The van der Waals surface area contributed by atoms with Crippen LogP contribution < -0.4 is 15.4 Å². The molecule has 2 N–H and O–H groups in total. The van der Waals surface area contributed by atoms with Gasteiger partial charge < -0.3 is 15.4 Å². The highest BCUT2D eigenvalue weighted by molar-refractivity contribution is 6.02. The zero-order valence-electron chi connectivity index (χ0n) is 15.6. The first kappa shape index (κ1) is 21.3. The summed E-state index contributed by atoms with van der Waals surface area (Å²) in [5, 5.41) is 5.06. The van der Waals surface area contributed by atoms with Gasteiger partial charge in [-0.2, -0.15) is 13.2 Å². The summed E-state index contributed by atoms with van der Waals surface area (Å²) in [6.45, 7) is 3.44. The van der Waals surface area contributed by atoms with Crippen molar-refractivity contribution in [3.63, 3.8) is 0 Å². The number of alkyl halides is 3. The van der Waals surface area contributed by atoms with Gasteiger partial charge >= 0.3 is 6.18 Å². The topological polar surface area (TPSA) is 67.4 Å². The van der Waals surface area contributed by atoms with E-state index in [0.29, 0.717) is 5.75 Å². The monoisotopic (exact) mass is 394 g/mol. The lowest BCUT2D eigenvalue weighted by molar-refractivity contribution is -0.137. The van der Waals surface area contributed by atoms with Gasteiger partial charge in [0.25, 0.3) is 5.91 Å². The molecular formula is C20H21F3N2O3. The maximum Gasteiger partial charge on any atom is 0.416 e. The van der Waals surface area contributed by atoms with E-state index in [1.165, 1.54) is 19.2 Å². The van der Waals surface area contributed by atoms with Crippen LogP contribution in [0, 0.1) is 5.92 Å². The largest absolute Gasteiger partial charge is 0.496 e. The van der Waals surface area contributed by atoms with Crippen molar-refractivity contribution < 1.29 is 27.5 Å². The molecule has 28 heavy (non-hydrogen) atoms. The third-order valence-electron chi connectivity index (χ3n) is 4.04. The van der Waals surface area contributed by atoms with E-state index in [1.807, 2.05) is 0 Å².